The number of aromatic nitrogens is 2. The predicted octanol–water partition coefficient (Wildman–Crippen LogP) is 4.97. The zero-order valence-corrected chi connectivity index (χ0v) is 16.5. The van der Waals surface area contributed by atoms with Crippen LogP contribution in [-0.4, -0.2) is 21.8 Å². The van der Waals surface area contributed by atoms with Gasteiger partial charge in [-0.3, -0.25) is 9.59 Å². The number of pyridine rings is 1. The lowest BCUT2D eigenvalue weighted by molar-refractivity contribution is 0.101. The zero-order valence-electron chi connectivity index (χ0n) is 14.9. The topological polar surface area (TPSA) is 86.9 Å². The molecule has 4 aromatic rings. The van der Waals surface area contributed by atoms with Crippen molar-refractivity contribution in [1.29, 1.82) is 0 Å². The number of carbonyl (C=O) groups is 2. The third kappa shape index (κ3) is 4.17. The molecule has 2 aromatic carbocycles. The van der Waals surface area contributed by atoms with E-state index >= 15 is 0 Å². The van der Waals surface area contributed by atoms with Gasteiger partial charge >= 0.3 is 0 Å². The summed E-state index contributed by atoms with van der Waals surface area (Å²) in [6.07, 6.45) is 1.58. The monoisotopic (exact) mass is 452 g/mol. The van der Waals surface area contributed by atoms with E-state index in [-0.39, 0.29) is 11.6 Å². The predicted molar refractivity (Wildman–Crippen MR) is 113 cm³/mol. The minimum Gasteiger partial charge on any atom is -0.350 e. The second-order valence-corrected chi connectivity index (χ2v) is 7.15. The number of anilines is 2. The van der Waals surface area contributed by atoms with E-state index in [0.29, 0.717) is 28.0 Å². The fraction of sp³-hybridized carbons (Fsp3) is 0. The highest BCUT2D eigenvalue weighted by molar-refractivity contribution is 9.10. The molecule has 3 N–H and O–H groups in total. The van der Waals surface area contributed by atoms with Crippen molar-refractivity contribution in [2.45, 2.75) is 0 Å². The second kappa shape index (κ2) is 7.84. The van der Waals surface area contributed by atoms with E-state index in [2.05, 4.69) is 36.5 Å². The van der Waals surface area contributed by atoms with Gasteiger partial charge in [0.1, 0.15) is 17.3 Å². The molecule has 2 heterocycles. The largest absolute Gasteiger partial charge is 0.350 e. The molecule has 4 rings (SSSR count). The molecule has 6 nitrogen and oxygen atoms in total. The number of hydrogen-bond acceptors (Lipinski definition) is 3. The standard InChI is InChI=1S/C21H14BrFN4O2/c22-13-7-8-19(24-11-13)27-20(28)12-3-1-4-14(9-12)25-21(29)18-10-15-16(23)5-2-6-17(15)26-18/h1-11,26H,(H,25,29)(H,24,27,28). The summed E-state index contributed by atoms with van der Waals surface area (Å²) in [4.78, 5) is 31.9. The van der Waals surface area contributed by atoms with E-state index in [1.807, 2.05) is 0 Å². The molecule has 0 radical (unpaired) electrons. The Hall–Kier alpha value is -3.52. The van der Waals surface area contributed by atoms with Crippen LogP contribution in [0.5, 0.6) is 0 Å². The number of fused-ring (bicyclic) bond motifs is 1. The van der Waals surface area contributed by atoms with Crippen molar-refractivity contribution in [2.75, 3.05) is 10.6 Å². The van der Waals surface area contributed by atoms with Crippen LogP contribution in [0.3, 0.4) is 0 Å². The first-order chi connectivity index (χ1) is 14.0. The molecule has 0 fully saturated rings. The molecule has 0 aliphatic heterocycles. The normalized spacial score (nSPS) is 10.7. The summed E-state index contributed by atoms with van der Waals surface area (Å²) in [6.45, 7) is 0. The fourth-order valence-electron chi connectivity index (χ4n) is 2.82. The molecule has 0 bridgehead atoms. The van der Waals surface area contributed by atoms with E-state index in [1.54, 1.807) is 54.7 Å². The highest BCUT2D eigenvalue weighted by Crippen LogP contribution is 2.20. The van der Waals surface area contributed by atoms with E-state index in [1.165, 1.54) is 12.1 Å². The van der Waals surface area contributed by atoms with E-state index in [4.69, 9.17) is 0 Å². The number of aromatic amines is 1. The van der Waals surface area contributed by atoms with Gasteiger partial charge in [-0.25, -0.2) is 9.37 Å². The van der Waals surface area contributed by atoms with Crippen LogP contribution in [0.15, 0.2) is 71.3 Å². The van der Waals surface area contributed by atoms with Gasteiger partial charge in [0.15, 0.2) is 0 Å². The smallest absolute Gasteiger partial charge is 0.272 e. The lowest BCUT2D eigenvalue weighted by atomic mass is 10.2. The van der Waals surface area contributed by atoms with Gasteiger partial charge in [0.05, 0.1) is 0 Å². The Morgan fingerprint density at radius 3 is 2.55 bits per heavy atom. The van der Waals surface area contributed by atoms with Crippen molar-refractivity contribution in [3.63, 3.8) is 0 Å². The number of carbonyl (C=O) groups excluding carboxylic acids is 2. The van der Waals surface area contributed by atoms with Crippen LogP contribution in [-0.2, 0) is 0 Å². The van der Waals surface area contributed by atoms with Crippen molar-refractivity contribution >= 4 is 50.2 Å². The van der Waals surface area contributed by atoms with Gasteiger partial charge in [-0.15, -0.1) is 0 Å². The van der Waals surface area contributed by atoms with E-state index in [0.717, 1.165) is 4.47 Å². The Balaban J connectivity index is 1.50. The molecule has 2 aromatic heterocycles. The fourth-order valence-corrected chi connectivity index (χ4v) is 3.05. The van der Waals surface area contributed by atoms with E-state index in [9.17, 15) is 14.0 Å². The van der Waals surface area contributed by atoms with Crippen molar-refractivity contribution in [2.24, 2.45) is 0 Å². The molecule has 0 saturated carbocycles. The van der Waals surface area contributed by atoms with Gasteiger partial charge in [-0.2, -0.15) is 0 Å². The summed E-state index contributed by atoms with van der Waals surface area (Å²) < 4.78 is 14.6. The molecule has 144 valence electrons. The Kier molecular flexibility index (Phi) is 5.09. The number of benzene rings is 2. The summed E-state index contributed by atoms with van der Waals surface area (Å²) in [7, 11) is 0. The molecule has 0 atom stereocenters. The molecular formula is C21H14BrFN4O2. The summed E-state index contributed by atoms with van der Waals surface area (Å²) in [6, 6.07) is 16.0. The molecule has 2 amide bonds. The van der Waals surface area contributed by atoms with Crippen molar-refractivity contribution in [3.8, 4) is 0 Å². The minimum atomic E-state index is -0.437. The average molecular weight is 453 g/mol. The van der Waals surface area contributed by atoms with Gasteiger partial charge in [-0.05, 0) is 64.5 Å². The highest BCUT2D eigenvalue weighted by Gasteiger charge is 2.13. The highest BCUT2D eigenvalue weighted by atomic mass is 79.9. The summed E-state index contributed by atoms with van der Waals surface area (Å²) in [5.74, 6) is -0.790. The van der Waals surface area contributed by atoms with Gasteiger partial charge in [0.25, 0.3) is 11.8 Å². The first-order valence-corrected chi connectivity index (χ1v) is 9.40. The van der Waals surface area contributed by atoms with Crippen molar-refractivity contribution in [3.05, 3.63) is 88.4 Å². The van der Waals surface area contributed by atoms with Crippen LogP contribution in [0.25, 0.3) is 10.9 Å². The Bertz CT molecular complexity index is 1220. The number of rotatable bonds is 4. The average Bonchev–Trinajstić information content (AvgIpc) is 3.16. The van der Waals surface area contributed by atoms with Crippen LogP contribution >= 0.6 is 15.9 Å². The number of amides is 2. The van der Waals surface area contributed by atoms with Crippen LogP contribution in [0.2, 0.25) is 0 Å². The lowest BCUT2D eigenvalue weighted by Crippen LogP contribution is -2.15. The third-order valence-corrected chi connectivity index (χ3v) is 4.68. The first-order valence-electron chi connectivity index (χ1n) is 8.61. The van der Waals surface area contributed by atoms with Gasteiger partial charge in [0.2, 0.25) is 0 Å². The molecule has 0 aliphatic rings. The number of H-pyrrole nitrogens is 1. The second-order valence-electron chi connectivity index (χ2n) is 6.23. The molecule has 8 heteroatoms. The molecule has 0 unspecified atom stereocenters. The SMILES string of the molecule is O=C(Nc1ccc(Br)cn1)c1cccc(NC(=O)c2cc3c(F)cccc3[nH]2)c1. The third-order valence-electron chi connectivity index (χ3n) is 4.21. The summed E-state index contributed by atoms with van der Waals surface area (Å²) >= 11 is 3.28. The number of halogens is 2. The van der Waals surface area contributed by atoms with Crippen LogP contribution < -0.4 is 10.6 Å². The summed E-state index contributed by atoms with van der Waals surface area (Å²) in [5, 5.41) is 5.74. The number of hydrogen-bond donors (Lipinski definition) is 3. The molecule has 0 spiro atoms. The van der Waals surface area contributed by atoms with E-state index < -0.39 is 11.7 Å². The minimum absolute atomic E-state index is 0.221. The number of nitrogens with one attached hydrogen (secondary N) is 3. The van der Waals surface area contributed by atoms with Crippen LogP contribution in [0.1, 0.15) is 20.8 Å². The van der Waals surface area contributed by atoms with Gasteiger partial charge < -0.3 is 15.6 Å². The quantitative estimate of drug-likeness (QED) is 0.408. The summed E-state index contributed by atoms with van der Waals surface area (Å²) in [5.41, 5.74) is 1.55. The Morgan fingerprint density at radius 2 is 1.79 bits per heavy atom. The van der Waals surface area contributed by atoms with Gasteiger partial charge in [-0.1, -0.05) is 12.1 Å². The Morgan fingerprint density at radius 1 is 0.966 bits per heavy atom. The maximum Gasteiger partial charge on any atom is 0.272 e. The molecule has 0 saturated heterocycles. The lowest BCUT2D eigenvalue weighted by Gasteiger charge is -2.08. The van der Waals surface area contributed by atoms with Crippen molar-refractivity contribution < 1.29 is 14.0 Å². The zero-order chi connectivity index (χ0) is 20.4. The van der Waals surface area contributed by atoms with Gasteiger partial charge in [0, 0.05) is 32.8 Å². The maximum atomic E-state index is 13.8. The van der Waals surface area contributed by atoms with Crippen LogP contribution in [0.4, 0.5) is 15.9 Å². The Labute approximate surface area is 173 Å². The first kappa shape index (κ1) is 18.8. The molecule has 29 heavy (non-hydrogen) atoms. The molecule has 0 aliphatic carbocycles. The molecular weight excluding hydrogens is 439 g/mol. The maximum absolute atomic E-state index is 13.8. The van der Waals surface area contributed by atoms with Crippen molar-refractivity contribution in [1.82, 2.24) is 9.97 Å². The van der Waals surface area contributed by atoms with Crippen LogP contribution in [0, 0.1) is 5.82 Å². The number of nitrogens with zero attached hydrogens (tertiary/aromatic N) is 1.